The molecule has 2 N–H and O–H groups in total. The second kappa shape index (κ2) is 8.81. The van der Waals surface area contributed by atoms with Crippen molar-refractivity contribution in [2.45, 2.75) is 43.4 Å². The van der Waals surface area contributed by atoms with Crippen molar-refractivity contribution in [1.29, 1.82) is 0 Å². The summed E-state index contributed by atoms with van der Waals surface area (Å²) in [7, 11) is 0. The number of nitrogens with one attached hydrogen (secondary N) is 1. The molecule has 18 heavy (non-hydrogen) atoms. The van der Waals surface area contributed by atoms with Crippen molar-refractivity contribution in [2.24, 2.45) is 0 Å². The summed E-state index contributed by atoms with van der Waals surface area (Å²) in [4.78, 5) is 1.21. The fraction of sp³-hybridized carbons (Fsp3) is 0.571. The van der Waals surface area contributed by atoms with Crippen LogP contribution in [0.1, 0.15) is 32.3 Å². The molecule has 1 aromatic carbocycles. The molecule has 1 rings (SSSR count). The summed E-state index contributed by atoms with van der Waals surface area (Å²) in [6.07, 6.45) is 1.94. The smallest absolute Gasteiger partial charge is 0.0441 e. The zero-order valence-electron chi connectivity index (χ0n) is 11.1. The van der Waals surface area contributed by atoms with E-state index in [1.54, 1.807) is 11.8 Å². The molecule has 102 valence electrons. The molecule has 1 aromatic rings. The van der Waals surface area contributed by atoms with Crippen LogP contribution in [0.5, 0.6) is 0 Å². The Morgan fingerprint density at radius 3 is 2.89 bits per heavy atom. The predicted molar refractivity (Wildman–Crippen MR) is 80.5 cm³/mol. The topological polar surface area (TPSA) is 32.3 Å². The molecule has 4 heteroatoms. The van der Waals surface area contributed by atoms with E-state index in [2.05, 4.69) is 25.2 Å². The third kappa shape index (κ3) is 5.61. The quantitative estimate of drug-likeness (QED) is 0.565. The van der Waals surface area contributed by atoms with Crippen LogP contribution in [0.4, 0.5) is 0 Å². The van der Waals surface area contributed by atoms with E-state index in [-0.39, 0.29) is 6.61 Å². The first-order chi connectivity index (χ1) is 8.67. The molecule has 0 saturated carbocycles. The molecule has 0 amide bonds. The van der Waals surface area contributed by atoms with Crippen molar-refractivity contribution < 1.29 is 5.11 Å². The Balaban J connectivity index is 2.69. The van der Waals surface area contributed by atoms with Gasteiger partial charge in [-0.25, -0.2) is 0 Å². The lowest BCUT2D eigenvalue weighted by Gasteiger charge is -2.14. The first-order valence-corrected chi connectivity index (χ1v) is 7.69. The monoisotopic (exact) mass is 287 g/mol. The molecule has 1 unspecified atom stereocenters. The zero-order chi connectivity index (χ0) is 13.4. The van der Waals surface area contributed by atoms with Gasteiger partial charge in [-0.15, -0.1) is 11.8 Å². The number of aliphatic hydroxyl groups is 1. The van der Waals surface area contributed by atoms with Gasteiger partial charge < -0.3 is 10.4 Å². The van der Waals surface area contributed by atoms with Gasteiger partial charge in [0.2, 0.25) is 0 Å². The first-order valence-electron chi connectivity index (χ1n) is 6.44. The molecular formula is C14H22ClNOS. The molecule has 2 nitrogen and oxygen atoms in total. The van der Waals surface area contributed by atoms with Crippen LogP contribution in [-0.2, 0) is 6.54 Å². The van der Waals surface area contributed by atoms with E-state index < -0.39 is 0 Å². The summed E-state index contributed by atoms with van der Waals surface area (Å²) in [6, 6.07) is 6.04. The third-order valence-corrected chi connectivity index (χ3v) is 4.14. The predicted octanol–water partition coefficient (Wildman–Crippen LogP) is 3.70. The maximum atomic E-state index is 8.96. The average molecular weight is 288 g/mol. The largest absolute Gasteiger partial charge is 0.396 e. The van der Waals surface area contributed by atoms with Crippen LogP contribution in [0.2, 0.25) is 5.02 Å². The Morgan fingerprint density at radius 1 is 1.44 bits per heavy atom. The minimum atomic E-state index is 0.234. The number of thioether (sulfide) groups is 1. The number of hydrogen-bond donors (Lipinski definition) is 2. The Labute approximate surface area is 119 Å². The number of aliphatic hydroxyl groups excluding tert-OH is 1. The van der Waals surface area contributed by atoms with Crippen LogP contribution >= 0.6 is 23.4 Å². The number of hydrogen-bond acceptors (Lipinski definition) is 3. The van der Waals surface area contributed by atoms with E-state index in [1.165, 1.54) is 10.5 Å². The van der Waals surface area contributed by atoms with Crippen molar-refractivity contribution in [2.75, 3.05) is 13.2 Å². The van der Waals surface area contributed by atoms with Crippen LogP contribution < -0.4 is 5.32 Å². The van der Waals surface area contributed by atoms with Crippen LogP contribution in [-0.4, -0.2) is 23.5 Å². The number of rotatable bonds is 8. The Bertz CT molecular complexity index is 360. The highest BCUT2D eigenvalue weighted by atomic mass is 35.5. The van der Waals surface area contributed by atoms with Gasteiger partial charge in [0.15, 0.2) is 0 Å². The van der Waals surface area contributed by atoms with Crippen molar-refractivity contribution in [3.8, 4) is 0 Å². The lowest BCUT2D eigenvalue weighted by molar-refractivity contribution is 0.289. The van der Waals surface area contributed by atoms with Gasteiger partial charge in [-0.3, -0.25) is 0 Å². The van der Waals surface area contributed by atoms with Crippen molar-refractivity contribution in [3.05, 3.63) is 28.8 Å². The van der Waals surface area contributed by atoms with Crippen molar-refractivity contribution in [3.63, 3.8) is 0 Å². The van der Waals surface area contributed by atoms with Crippen LogP contribution in [0.15, 0.2) is 23.1 Å². The zero-order valence-corrected chi connectivity index (χ0v) is 12.7. The summed E-state index contributed by atoms with van der Waals surface area (Å²) in [5, 5.41) is 13.5. The molecule has 0 aromatic heterocycles. The van der Waals surface area contributed by atoms with E-state index in [1.807, 2.05) is 12.1 Å². The summed E-state index contributed by atoms with van der Waals surface area (Å²) in [5.41, 5.74) is 1.28. The molecule has 0 radical (unpaired) electrons. The molecule has 0 aliphatic carbocycles. The highest BCUT2D eigenvalue weighted by Gasteiger charge is 2.09. The summed E-state index contributed by atoms with van der Waals surface area (Å²) < 4.78 is 0. The Morgan fingerprint density at radius 2 is 2.22 bits per heavy atom. The van der Waals surface area contributed by atoms with E-state index in [4.69, 9.17) is 16.7 Å². The molecule has 0 heterocycles. The number of benzene rings is 1. The Kier molecular flexibility index (Phi) is 7.75. The van der Waals surface area contributed by atoms with Gasteiger partial charge in [0, 0.05) is 28.3 Å². The lowest BCUT2D eigenvalue weighted by atomic mass is 10.2. The average Bonchev–Trinajstić information content (AvgIpc) is 2.32. The normalized spacial score (nSPS) is 12.7. The van der Waals surface area contributed by atoms with Crippen molar-refractivity contribution in [1.82, 2.24) is 5.32 Å². The van der Waals surface area contributed by atoms with E-state index >= 15 is 0 Å². The van der Waals surface area contributed by atoms with E-state index in [0.29, 0.717) is 5.25 Å². The number of halogens is 1. The summed E-state index contributed by atoms with van der Waals surface area (Å²) in [5.74, 6) is 0. The van der Waals surface area contributed by atoms with Crippen LogP contribution in [0.25, 0.3) is 0 Å². The Hall–Kier alpha value is -0.220. The molecule has 0 saturated heterocycles. The first kappa shape index (κ1) is 15.8. The SMILES string of the molecule is CCCNCc1ccc(Cl)cc1SC(C)CCO. The van der Waals surface area contributed by atoms with Gasteiger partial charge in [-0.2, -0.15) is 0 Å². The molecule has 1 atom stereocenters. The lowest BCUT2D eigenvalue weighted by Crippen LogP contribution is -2.14. The molecule has 0 aliphatic rings. The maximum Gasteiger partial charge on any atom is 0.0441 e. The van der Waals surface area contributed by atoms with Gasteiger partial charge in [-0.05, 0) is 37.1 Å². The van der Waals surface area contributed by atoms with E-state index in [9.17, 15) is 0 Å². The van der Waals surface area contributed by atoms with Crippen molar-refractivity contribution >= 4 is 23.4 Å². The fourth-order valence-corrected chi connectivity index (χ4v) is 3.02. The maximum absolute atomic E-state index is 8.96. The highest BCUT2D eigenvalue weighted by Crippen LogP contribution is 2.30. The molecule has 0 fully saturated rings. The van der Waals surface area contributed by atoms with Crippen LogP contribution in [0, 0.1) is 0 Å². The third-order valence-electron chi connectivity index (χ3n) is 2.64. The van der Waals surface area contributed by atoms with Gasteiger partial charge in [0.1, 0.15) is 0 Å². The highest BCUT2D eigenvalue weighted by molar-refractivity contribution is 8.00. The standard InChI is InChI=1S/C14H22ClNOS/c1-3-7-16-10-12-4-5-13(15)9-14(12)18-11(2)6-8-17/h4-5,9,11,16-17H,3,6-8,10H2,1-2H3. The summed E-state index contributed by atoms with van der Waals surface area (Å²) in [6.45, 7) is 6.43. The van der Waals surface area contributed by atoms with Gasteiger partial charge in [0.25, 0.3) is 0 Å². The molecule has 0 aliphatic heterocycles. The second-order valence-electron chi connectivity index (χ2n) is 4.37. The molecule has 0 bridgehead atoms. The summed E-state index contributed by atoms with van der Waals surface area (Å²) >= 11 is 7.84. The minimum absolute atomic E-state index is 0.234. The molecule has 0 spiro atoms. The van der Waals surface area contributed by atoms with Gasteiger partial charge >= 0.3 is 0 Å². The second-order valence-corrected chi connectivity index (χ2v) is 6.29. The minimum Gasteiger partial charge on any atom is -0.396 e. The molecular weight excluding hydrogens is 266 g/mol. The van der Waals surface area contributed by atoms with E-state index in [0.717, 1.165) is 31.0 Å². The van der Waals surface area contributed by atoms with Gasteiger partial charge in [-0.1, -0.05) is 31.5 Å². The van der Waals surface area contributed by atoms with Gasteiger partial charge in [0.05, 0.1) is 0 Å². The fourth-order valence-electron chi connectivity index (χ4n) is 1.64. The van der Waals surface area contributed by atoms with Crippen LogP contribution in [0.3, 0.4) is 0 Å².